The van der Waals surface area contributed by atoms with Gasteiger partial charge < -0.3 is 15.2 Å². The van der Waals surface area contributed by atoms with Gasteiger partial charge in [-0.2, -0.15) is 0 Å². The molecule has 0 aliphatic rings. The first-order chi connectivity index (χ1) is 13.5. The molecule has 0 amide bonds. The first-order valence-corrected chi connectivity index (χ1v) is 10.3. The molecule has 3 rings (SSSR count). The SMILES string of the molecule is Cl.O=C(O)c1ccc(CNCc2cc(Br)c(OCc3ccccc3)c(Br)c2)cc1. The molecule has 152 valence electrons. The van der Waals surface area contributed by atoms with Crippen molar-refractivity contribution in [2.75, 3.05) is 0 Å². The van der Waals surface area contributed by atoms with Gasteiger partial charge in [0.25, 0.3) is 0 Å². The second-order valence-corrected chi connectivity index (χ2v) is 7.98. The zero-order valence-electron chi connectivity index (χ0n) is 15.4. The molecule has 0 spiro atoms. The summed E-state index contributed by atoms with van der Waals surface area (Å²) in [5, 5.41) is 12.3. The number of hydrogen-bond donors (Lipinski definition) is 2. The smallest absolute Gasteiger partial charge is 0.335 e. The summed E-state index contributed by atoms with van der Waals surface area (Å²) in [6.45, 7) is 1.83. The predicted molar refractivity (Wildman–Crippen MR) is 124 cm³/mol. The lowest BCUT2D eigenvalue weighted by atomic mass is 10.1. The molecule has 0 aliphatic carbocycles. The molecular formula is C22H20Br2ClNO3. The molecule has 0 heterocycles. The second-order valence-electron chi connectivity index (χ2n) is 6.27. The van der Waals surface area contributed by atoms with Gasteiger partial charge in [-0.1, -0.05) is 42.5 Å². The fourth-order valence-corrected chi connectivity index (χ4v) is 4.21. The number of carbonyl (C=O) groups is 1. The van der Waals surface area contributed by atoms with E-state index in [1.165, 1.54) is 0 Å². The van der Waals surface area contributed by atoms with Crippen molar-refractivity contribution in [2.24, 2.45) is 0 Å². The van der Waals surface area contributed by atoms with Gasteiger partial charge in [0.1, 0.15) is 12.4 Å². The van der Waals surface area contributed by atoms with E-state index in [2.05, 4.69) is 37.2 Å². The Morgan fingerprint density at radius 2 is 1.45 bits per heavy atom. The molecule has 0 bridgehead atoms. The average Bonchev–Trinajstić information content (AvgIpc) is 2.68. The van der Waals surface area contributed by atoms with Crippen molar-refractivity contribution in [2.45, 2.75) is 19.7 Å². The van der Waals surface area contributed by atoms with E-state index < -0.39 is 5.97 Å². The third kappa shape index (κ3) is 6.85. The maximum Gasteiger partial charge on any atom is 0.335 e. The number of carboxylic acids is 1. The molecule has 4 nitrogen and oxygen atoms in total. The Hall–Kier alpha value is -1.86. The minimum atomic E-state index is -0.913. The topological polar surface area (TPSA) is 58.6 Å². The van der Waals surface area contributed by atoms with E-state index in [0.29, 0.717) is 25.3 Å². The molecule has 2 N–H and O–H groups in total. The number of benzene rings is 3. The highest BCUT2D eigenvalue weighted by Crippen LogP contribution is 2.35. The molecule has 3 aromatic carbocycles. The van der Waals surface area contributed by atoms with Gasteiger partial charge in [-0.15, -0.1) is 12.4 Å². The summed E-state index contributed by atoms with van der Waals surface area (Å²) in [4.78, 5) is 10.9. The third-order valence-electron chi connectivity index (χ3n) is 4.14. The Balaban J connectivity index is 0.00000300. The maximum atomic E-state index is 10.9. The van der Waals surface area contributed by atoms with E-state index in [1.807, 2.05) is 54.6 Å². The highest BCUT2D eigenvalue weighted by Gasteiger charge is 2.10. The summed E-state index contributed by atoms with van der Waals surface area (Å²) in [6.07, 6.45) is 0. The molecule has 7 heteroatoms. The van der Waals surface area contributed by atoms with Crippen molar-refractivity contribution in [1.82, 2.24) is 5.32 Å². The van der Waals surface area contributed by atoms with Crippen LogP contribution in [0.3, 0.4) is 0 Å². The number of rotatable bonds is 8. The average molecular weight is 542 g/mol. The van der Waals surface area contributed by atoms with E-state index in [9.17, 15) is 4.79 Å². The molecule has 0 aliphatic heterocycles. The highest BCUT2D eigenvalue weighted by atomic mass is 79.9. The van der Waals surface area contributed by atoms with Gasteiger partial charge in [-0.3, -0.25) is 0 Å². The lowest BCUT2D eigenvalue weighted by Crippen LogP contribution is -2.13. The number of carboxylic acid groups (broad SMARTS) is 1. The summed E-state index contributed by atoms with van der Waals surface area (Å²) in [5.74, 6) is -0.138. The number of halogens is 3. The van der Waals surface area contributed by atoms with Crippen LogP contribution in [0.15, 0.2) is 75.7 Å². The summed E-state index contributed by atoms with van der Waals surface area (Å²) < 4.78 is 7.73. The molecule has 0 radical (unpaired) electrons. The zero-order chi connectivity index (χ0) is 19.9. The normalized spacial score (nSPS) is 10.3. The van der Waals surface area contributed by atoms with E-state index >= 15 is 0 Å². The molecule has 0 atom stereocenters. The van der Waals surface area contributed by atoms with Crippen LogP contribution in [0.25, 0.3) is 0 Å². The van der Waals surface area contributed by atoms with Gasteiger partial charge in [0.2, 0.25) is 0 Å². The van der Waals surface area contributed by atoms with Crippen LogP contribution in [0.5, 0.6) is 5.75 Å². The van der Waals surface area contributed by atoms with Gasteiger partial charge in [-0.05, 0) is 72.8 Å². The fraction of sp³-hybridized carbons (Fsp3) is 0.136. The first kappa shape index (κ1) is 23.4. The summed E-state index contributed by atoms with van der Waals surface area (Å²) in [6, 6.07) is 21.0. The van der Waals surface area contributed by atoms with E-state index in [0.717, 1.165) is 31.4 Å². The van der Waals surface area contributed by atoms with Gasteiger partial charge >= 0.3 is 5.97 Å². The van der Waals surface area contributed by atoms with Crippen molar-refractivity contribution in [1.29, 1.82) is 0 Å². The van der Waals surface area contributed by atoms with E-state index in [4.69, 9.17) is 9.84 Å². The monoisotopic (exact) mass is 539 g/mol. The molecule has 0 aromatic heterocycles. The molecule has 0 unspecified atom stereocenters. The van der Waals surface area contributed by atoms with Crippen molar-refractivity contribution in [3.05, 3.63) is 97.9 Å². The lowest BCUT2D eigenvalue weighted by Gasteiger charge is -2.13. The van der Waals surface area contributed by atoms with Crippen molar-refractivity contribution in [3.63, 3.8) is 0 Å². The molecule has 0 fully saturated rings. The van der Waals surface area contributed by atoms with Crippen LogP contribution in [-0.4, -0.2) is 11.1 Å². The highest BCUT2D eigenvalue weighted by molar-refractivity contribution is 9.11. The molecule has 29 heavy (non-hydrogen) atoms. The molecule has 0 saturated heterocycles. The molecular weight excluding hydrogens is 522 g/mol. The van der Waals surface area contributed by atoms with Crippen LogP contribution < -0.4 is 10.1 Å². The first-order valence-electron chi connectivity index (χ1n) is 8.70. The van der Waals surface area contributed by atoms with Crippen LogP contribution in [0.2, 0.25) is 0 Å². The Morgan fingerprint density at radius 3 is 2.03 bits per heavy atom. The van der Waals surface area contributed by atoms with Gasteiger partial charge in [-0.25, -0.2) is 4.79 Å². The maximum absolute atomic E-state index is 10.9. The zero-order valence-corrected chi connectivity index (χ0v) is 19.4. The van der Waals surface area contributed by atoms with Crippen LogP contribution >= 0.6 is 44.3 Å². The molecule has 3 aromatic rings. The third-order valence-corrected chi connectivity index (χ3v) is 5.32. The Kier molecular flexibility index (Phi) is 9.17. The van der Waals surface area contributed by atoms with E-state index in [-0.39, 0.29) is 12.4 Å². The van der Waals surface area contributed by atoms with Crippen LogP contribution in [0.4, 0.5) is 0 Å². The molecule has 0 saturated carbocycles. The Morgan fingerprint density at radius 1 is 0.862 bits per heavy atom. The summed E-state index contributed by atoms with van der Waals surface area (Å²) in [5.41, 5.74) is 3.54. The Labute approximate surface area is 193 Å². The number of ether oxygens (including phenoxy) is 1. The standard InChI is InChI=1S/C22H19Br2NO3.ClH/c23-19-10-17(13-25-12-15-6-8-18(9-7-15)22(26)27)11-20(24)21(19)28-14-16-4-2-1-3-5-16;/h1-11,25H,12-14H2,(H,26,27);1H. The lowest BCUT2D eigenvalue weighted by molar-refractivity contribution is 0.0697. The minimum Gasteiger partial charge on any atom is -0.487 e. The summed E-state index contributed by atoms with van der Waals surface area (Å²) in [7, 11) is 0. The van der Waals surface area contributed by atoms with Crippen LogP contribution in [0, 0.1) is 0 Å². The van der Waals surface area contributed by atoms with Gasteiger partial charge in [0.05, 0.1) is 14.5 Å². The van der Waals surface area contributed by atoms with Gasteiger partial charge in [0.15, 0.2) is 0 Å². The van der Waals surface area contributed by atoms with E-state index in [1.54, 1.807) is 12.1 Å². The van der Waals surface area contributed by atoms with Crippen LogP contribution in [-0.2, 0) is 19.7 Å². The Bertz CT molecular complexity index is 927. The number of hydrogen-bond acceptors (Lipinski definition) is 3. The number of nitrogens with one attached hydrogen (secondary N) is 1. The quantitative estimate of drug-likeness (QED) is 0.357. The number of aromatic carboxylic acids is 1. The van der Waals surface area contributed by atoms with Crippen molar-refractivity contribution in [3.8, 4) is 5.75 Å². The van der Waals surface area contributed by atoms with Crippen molar-refractivity contribution >= 4 is 50.2 Å². The van der Waals surface area contributed by atoms with Gasteiger partial charge in [0, 0.05) is 13.1 Å². The predicted octanol–water partition coefficient (Wildman–Crippen LogP) is 6.20. The minimum absolute atomic E-state index is 0. The summed E-state index contributed by atoms with van der Waals surface area (Å²) >= 11 is 7.18. The largest absolute Gasteiger partial charge is 0.487 e. The fourth-order valence-electron chi connectivity index (χ4n) is 2.70. The van der Waals surface area contributed by atoms with Crippen molar-refractivity contribution < 1.29 is 14.6 Å². The second kappa shape index (κ2) is 11.4. The van der Waals surface area contributed by atoms with Crippen LogP contribution in [0.1, 0.15) is 27.0 Å².